The van der Waals surface area contributed by atoms with E-state index in [4.69, 9.17) is 4.74 Å². The number of rotatable bonds is 5. The molecule has 0 saturated carbocycles. The lowest BCUT2D eigenvalue weighted by molar-refractivity contribution is -0.0134. The third kappa shape index (κ3) is 4.02. The fourth-order valence-corrected chi connectivity index (χ4v) is 4.92. The van der Waals surface area contributed by atoms with E-state index in [0.717, 1.165) is 43.9 Å². The first-order valence-corrected chi connectivity index (χ1v) is 9.59. The number of hydrogen-bond acceptors (Lipinski definition) is 4. The molecule has 3 rings (SSSR count). The van der Waals surface area contributed by atoms with Gasteiger partial charge in [-0.25, -0.2) is 0 Å². The number of halogens is 1. The molecule has 0 bridgehead atoms. The van der Waals surface area contributed by atoms with Crippen LogP contribution in [0.5, 0.6) is 0 Å². The van der Waals surface area contributed by atoms with E-state index in [2.05, 4.69) is 62.2 Å². The van der Waals surface area contributed by atoms with E-state index >= 15 is 0 Å². The molecule has 21 heavy (non-hydrogen) atoms. The summed E-state index contributed by atoms with van der Waals surface area (Å²) >= 11 is 5.58. The lowest BCUT2D eigenvalue weighted by Crippen LogP contribution is -2.58. The molecular weight excluding hydrogens is 348 g/mol. The Kier molecular flexibility index (Phi) is 5.62. The Morgan fingerprint density at radius 2 is 2.00 bits per heavy atom. The van der Waals surface area contributed by atoms with Crippen molar-refractivity contribution in [3.63, 3.8) is 0 Å². The van der Waals surface area contributed by atoms with Gasteiger partial charge in [0.05, 0.1) is 13.2 Å². The van der Waals surface area contributed by atoms with Crippen LogP contribution in [0.15, 0.2) is 28.7 Å². The third-order valence-corrected chi connectivity index (χ3v) is 6.22. The number of benzene rings is 1. The van der Waals surface area contributed by atoms with Gasteiger partial charge in [0.25, 0.3) is 0 Å². The van der Waals surface area contributed by atoms with Gasteiger partial charge < -0.3 is 10.1 Å². The first kappa shape index (κ1) is 15.8. The Morgan fingerprint density at radius 3 is 2.67 bits per heavy atom. The van der Waals surface area contributed by atoms with E-state index in [1.165, 1.54) is 23.5 Å². The lowest BCUT2D eigenvalue weighted by atomic mass is 9.95. The molecule has 0 spiro atoms. The normalized spacial score (nSPS) is 27.1. The van der Waals surface area contributed by atoms with E-state index in [1.807, 2.05) is 0 Å². The molecule has 3 nitrogen and oxygen atoms in total. The van der Waals surface area contributed by atoms with Gasteiger partial charge in [-0.1, -0.05) is 28.1 Å². The first-order chi connectivity index (χ1) is 10.3. The summed E-state index contributed by atoms with van der Waals surface area (Å²) in [4.78, 5) is 2.66. The van der Waals surface area contributed by atoms with Crippen LogP contribution in [0.25, 0.3) is 0 Å². The molecule has 2 saturated heterocycles. The Hall–Kier alpha value is -0.0700. The fraction of sp³-hybridized carbons (Fsp3) is 0.625. The maximum Gasteiger partial charge on any atom is 0.0594 e. The minimum Gasteiger partial charge on any atom is -0.379 e. The molecule has 2 fully saturated rings. The second-order valence-corrected chi connectivity index (χ2v) is 7.88. The van der Waals surface area contributed by atoms with Crippen LogP contribution >= 0.6 is 27.7 Å². The molecule has 1 atom stereocenters. The zero-order chi connectivity index (χ0) is 14.5. The van der Waals surface area contributed by atoms with Crippen molar-refractivity contribution < 1.29 is 4.74 Å². The smallest absolute Gasteiger partial charge is 0.0594 e. The second-order valence-electron chi connectivity index (χ2n) is 5.86. The molecule has 2 aliphatic rings. The van der Waals surface area contributed by atoms with Crippen molar-refractivity contribution >= 4 is 27.7 Å². The Balaban J connectivity index is 1.56. The monoisotopic (exact) mass is 370 g/mol. The van der Waals surface area contributed by atoms with Crippen LogP contribution in [-0.2, 0) is 11.3 Å². The van der Waals surface area contributed by atoms with Crippen molar-refractivity contribution in [2.45, 2.75) is 18.5 Å². The van der Waals surface area contributed by atoms with Gasteiger partial charge in [0.1, 0.15) is 0 Å². The van der Waals surface area contributed by atoms with E-state index in [1.54, 1.807) is 0 Å². The number of nitrogens with zero attached hydrogens (tertiary/aromatic N) is 1. The molecule has 5 heteroatoms. The molecule has 0 radical (unpaired) electrons. The van der Waals surface area contributed by atoms with Crippen LogP contribution in [-0.4, -0.2) is 54.8 Å². The molecule has 2 heterocycles. The molecule has 1 N–H and O–H groups in total. The van der Waals surface area contributed by atoms with Gasteiger partial charge in [-0.15, -0.1) is 0 Å². The Labute approximate surface area is 139 Å². The van der Waals surface area contributed by atoms with Gasteiger partial charge in [-0.3, -0.25) is 4.90 Å². The zero-order valence-corrected chi connectivity index (χ0v) is 14.7. The minimum absolute atomic E-state index is 0.337. The summed E-state index contributed by atoms with van der Waals surface area (Å²) in [6.45, 7) is 5.97. The summed E-state index contributed by atoms with van der Waals surface area (Å²) in [5.74, 6) is 2.54. The summed E-state index contributed by atoms with van der Waals surface area (Å²) in [6, 6.07) is 8.59. The van der Waals surface area contributed by atoms with E-state index in [9.17, 15) is 0 Å². The molecule has 0 amide bonds. The van der Waals surface area contributed by atoms with Crippen molar-refractivity contribution in [3.8, 4) is 0 Å². The van der Waals surface area contributed by atoms with Gasteiger partial charge in [-0.05, 0) is 29.9 Å². The van der Waals surface area contributed by atoms with E-state index in [-0.39, 0.29) is 0 Å². The van der Waals surface area contributed by atoms with Crippen LogP contribution in [0.1, 0.15) is 12.0 Å². The Morgan fingerprint density at radius 1 is 1.24 bits per heavy atom. The molecule has 0 aliphatic carbocycles. The number of nitrogens with one attached hydrogen (secondary N) is 1. The molecule has 0 aromatic heterocycles. The maximum atomic E-state index is 5.52. The largest absolute Gasteiger partial charge is 0.379 e. The maximum absolute atomic E-state index is 5.52. The topological polar surface area (TPSA) is 24.5 Å². The van der Waals surface area contributed by atoms with Crippen molar-refractivity contribution in [1.29, 1.82) is 0 Å². The summed E-state index contributed by atoms with van der Waals surface area (Å²) < 4.78 is 6.66. The first-order valence-electron chi connectivity index (χ1n) is 7.64. The van der Waals surface area contributed by atoms with Gasteiger partial charge in [0.15, 0.2) is 0 Å². The van der Waals surface area contributed by atoms with Crippen molar-refractivity contribution in [2.75, 3.05) is 44.4 Å². The predicted molar refractivity (Wildman–Crippen MR) is 92.9 cm³/mol. The summed E-state index contributed by atoms with van der Waals surface area (Å²) in [7, 11) is 0. The lowest BCUT2D eigenvalue weighted by Gasteiger charge is -2.43. The highest BCUT2D eigenvalue weighted by Crippen LogP contribution is 2.33. The predicted octanol–water partition coefficient (Wildman–Crippen LogP) is 2.75. The van der Waals surface area contributed by atoms with Gasteiger partial charge in [0, 0.05) is 41.9 Å². The zero-order valence-electron chi connectivity index (χ0n) is 12.3. The molecule has 1 aromatic carbocycles. The minimum atomic E-state index is 0.337. The average Bonchev–Trinajstić information content (AvgIpc) is 3.00. The van der Waals surface area contributed by atoms with Crippen LogP contribution in [0.2, 0.25) is 0 Å². The highest BCUT2D eigenvalue weighted by molar-refractivity contribution is 9.10. The van der Waals surface area contributed by atoms with E-state index < -0.39 is 0 Å². The average molecular weight is 371 g/mol. The summed E-state index contributed by atoms with van der Waals surface area (Å²) in [5.41, 5.74) is 1.69. The highest BCUT2D eigenvalue weighted by Gasteiger charge is 2.40. The Bertz CT molecular complexity index is 442. The van der Waals surface area contributed by atoms with Gasteiger partial charge in [0.2, 0.25) is 0 Å². The highest BCUT2D eigenvalue weighted by atomic mass is 79.9. The second kappa shape index (κ2) is 7.47. The summed E-state index contributed by atoms with van der Waals surface area (Å²) in [6.07, 6.45) is 1.30. The summed E-state index contributed by atoms with van der Waals surface area (Å²) in [5, 5.41) is 3.69. The number of hydrogen-bond donors (Lipinski definition) is 1. The van der Waals surface area contributed by atoms with Gasteiger partial charge in [-0.2, -0.15) is 11.8 Å². The van der Waals surface area contributed by atoms with Gasteiger partial charge >= 0.3 is 0 Å². The molecule has 1 unspecified atom stereocenters. The third-order valence-electron chi connectivity index (χ3n) is 4.46. The van der Waals surface area contributed by atoms with Crippen LogP contribution in [0, 0.1) is 0 Å². The molecule has 2 aliphatic heterocycles. The molecule has 1 aromatic rings. The van der Waals surface area contributed by atoms with Crippen molar-refractivity contribution in [3.05, 3.63) is 34.3 Å². The molecular formula is C16H23BrN2OS. The number of ether oxygens (including phenoxy) is 1. The molecule has 116 valence electrons. The van der Waals surface area contributed by atoms with Crippen LogP contribution in [0.3, 0.4) is 0 Å². The van der Waals surface area contributed by atoms with Crippen molar-refractivity contribution in [1.82, 2.24) is 10.2 Å². The fourth-order valence-electron chi connectivity index (χ4n) is 3.18. The SMILES string of the molecule is Brc1ccc(CNCC2(N3CCOCC3)CCSC2)cc1. The van der Waals surface area contributed by atoms with Crippen LogP contribution < -0.4 is 5.32 Å². The number of morpholine rings is 1. The van der Waals surface area contributed by atoms with Crippen LogP contribution in [0.4, 0.5) is 0 Å². The van der Waals surface area contributed by atoms with Crippen molar-refractivity contribution in [2.24, 2.45) is 0 Å². The van der Waals surface area contributed by atoms with E-state index in [0.29, 0.717) is 5.54 Å². The number of thioether (sulfide) groups is 1. The standard InChI is InChI=1S/C16H23BrN2OS/c17-15-3-1-14(2-4-15)11-18-12-16(5-10-21-13-16)19-6-8-20-9-7-19/h1-4,18H,5-13H2. The quantitative estimate of drug-likeness (QED) is 0.860.